The van der Waals surface area contributed by atoms with Gasteiger partial charge in [0.15, 0.2) is 0 Å². The van der Waals surface area contributed by atoms with Gasteiger partial charge >= 0.3 is 0 Å². The van der Waals surface area contributed by atoms with Gasteiger partial charge in [0.1, 0.15) is 0 Å². The van der Waals surface area contributed by atoms with Gasteiger partial charge in [0.25, 0.3) is 0 Å². The first-order chi connectivity index (χ1) is 5.87. The Kier molecular flexibility index (Phi) is 1.67. The smallest absolute Gasteiger partial charge is 0.0983 e. The van der Waals surface area contributed by atoms with Gasteiger partial charge in [-0.25, -0.2) is 0 Å². The lowest BCUT2D eigenvalue weighted by atomic mass is 9.61. The number of hydrogen-bond acceptors (Lipinski definition) is 2. The van der Waals surface area contributed by atoms with Crippen molar-refractivity contribution in [3.63, 3.8) is 0 Å². The third-order valence-corrected chi connectivity index (χ3v) is 5.06. The third kappa shape index (κ3) is 0.816. The largest absolute Gasteiger partial charge is 0.393 e. The van der Waals surface area contributed by atoms with Crippen molar-refractivity contribution in [2.45, 2.75) is 45.6 Å². The lowest BCUT2D eigenvalue weighted by Crippen LogP contribution is -2.56. The van der Waals surface area contributed by atoms with E-state index in [4.69, 9.17) is 0 Å². The number of aliphatic hydroxyl groups is 2. The quantitative estimate of drug-likeness (QED) is 0.649. The van der Waals surface area contributed by atoms with Crippen LogP contribution >= 0.6 is 0 Å². The predicted octanol–water partition coefficient (Wildman–Crippen LogP) is 1.56. The molecule has 13 heavy (non-hydrogen) atoms. The summed E-state index contributed by atoms with van der Waals surface area (Å²) >= 11 is 0. The molecule has 2 bridgehead atoms. The minimum absolute atomic E-state index is 0.0457. The zero-order chi connectivity index (χ0) is 9.91. The molecule has 2 aliphatic carbocycles. The molecule has 0 heterocycles. The molecule has 76 valence electrons. The van der Waals surface area contributed by atoms with Gasteiger partial charge in [0.05, 0.1) is 12.2 Å². The summed E-state index contributed by atoms with van der Waals surface area (Å²) in [5, 5.41) is 19.9. The Morgan fingerprint density at radius 2 is 1.92 bits per heavy atom. The standard InChI is InChI=1S/C11H20O2/c1-9(2)8-4-5-10(3,6-8)11(9,13)7-12/h8,12-13H,4-7H2,1-3H3. The lowest BCUT2D eigenvalue weighted by molar-refractivity contribution is -0.168. The zero-order valence-electron chi connectivity index (χ0n) is 8.80. The first-order valence-electron chi connectivity index (χ1n) is 5.21. The summed E-state index contributed by atoms with van der Waals surface area (Å²) in [6.45, 7) is 6.22. The molecule has 2 aliphatic rings. The molecular weight excluding hydrogens is 164 g/mol. The fourth-order valence-electron chi connectivity index (χ4n) is 3.74. The molecule has 3 atom stereocenters. The molecule has 3 unspecified atom stereocenters. The highest BCUT2D eigenvalue weighted by molar-refractivity contribution is 5.17. The highest BCUT2D eigenvalue weighted by Crippen LogP contribution is 2.67. The van der Waals surface area contributed by atoms with Crippen LogP contribution in [0.25, 0.3) is 0 Å². The summed E-state index contributed by atoms with van der Waals surface area (Å²) in [5.74, 6) is 0.592. The van der Waals surface area contributed by atoms with Gasteiger partial charge in [0, 0.05) is 0 Å². The topological polar surface area (TPSA) is 40.5 Å². The van der Waals surface area contributed by atoms with E-state index in [2.05, 4.69) is 20.8 Å². The van der Waals surface area contributed by atoms with E-state index in [-0.39, 0.29) is 17.4 Å². The number of aliphatic hydroxyl groups excluding tert-OH is 1. The minimum atomic E-state index is -0.858. The monoisotopic (exact) mass is 184 g/mol. The second-order valence-electron chi connectivity index (χ2n) is 5.74. The molecule has 0 aromatic carbocycles. The third-order valence-electron chi connectivity index (χ3n) is 5.06. The van der Waals surface area contributed by atoms with Crippen molar-refractivity contribution in [3.05, 3.63) is 0 Å². The Hall–Kier alpha value is -0.0800. The average molecular weight is 184 g/mol. The van der Waals surface area contributed by atoms with Crippen LogP contribution in [0.4, 0.5) is 0 Å². The highest BCUT2D eigenvalue weighted by Gasteiger charge is 2.68. The van der Waals surface area contributed by atoms with Crippen LogP contribution in [0, 0.1) is 16.7 Å². The van der Waals surface area contributed by atoms with Crippen molar-refractivity contribution in [2.75, 3.05) is 6.61 Å². The summed E-state index contributed by atoms with van der Waals surface area (Å²) in [7, 11) is 0. The van der Waals surface area contributed by atoms with E-state index in [1.165, 1.54) is 6.42 Å². The SMILES string of the molecule is CC12CCC(C1)C(C)(C)C2(O)CO. The van der Waals surface area contributed by atoms with Crippen molar-refractivity contribution >= 4 is 0 Å². The van der Waals surface area contributed by atoms with Crippen molar-refractivity contribution in [2.24, 2.45) is 16.7 Å². The molecule has 0 amide bonds. The molecule has 2 N–H and O–H groups in total. The lowest BCUT2D eigenvalue weighted by Gasteiger charge is -2.49. The Bertz CT molecular complexity index is 229. The molecule has 2 heteroatoms. The first-order valence-corrected chi connectivity index (χ1v) is 5.21. The maximum atomic E-state index is 10.5. The molecule has 0 spiro atoms. The van der Waals surface area contributed by atoms with Crippen LogP contribution in [0.5, 0.6) is 0 Å². The van der Waals surface area contributed by atoms with Crippen LogP contribution in [-0.2, 0) is 0 Å². The van der Waals surface area contributed by atoms with Gasteiger partial charge in [-0.3, -0.25) is 0 Å². The second kappa shape index (κ2) is 2.29. The summed E-state index contributed by atoms with van der Waals surface area (Å²) in [6.07, 6.45) is 3.36. The van der Waals surface area contributed by atoms with Crippen LogP contribution in [0.1, 0.15) is 40.0 Å². The van der Waals surface area contributed by atoms with Gasteiger partial charge < -0.3 is 10.2 Å². The number of rotatable bonds is 1. The van der Waals surface area contributed by atoms with Crippen molar-refractivity contribution < 1.29 is 10.2 Å². The maximum Gasteiger partial charge on any atom is 0.0983 e. The van der Waals surface area contributed by atoms with Crippen molar-refractivity contribution in [1.82, 2.24) is 0 Å². The van der Waals surface area contributed by atoms with Gasteiger partial charge in [-0.2, -0.15) is 0 Å². The molecule has 0 aromatic heterocycles. The molecule has 0 aliphatic heterocycles. The Labute approximate surface area is 80.0 Å². The van der Waals surface area contributed by atoms with E-state index in [9.17, 15) is 10.2 Å². The van der Waals surface area contributed by atoms with Crippen LogP contribution < -0.4 is 0 Å². The first kappa shape index (κ1) is 9.47. The van der Waals surface area contributed by atoms with Gasteiger partial charge in [-0.05, 0) is 36.0 Å². The zero-order valence-corrected chi connectivity index (χ0v) is 8.80. The maximum absolute atomic E-state index is 10.5. The van der Waals surface area contributed by atoms with Crippen molar-refractivity contribution in [3.8, 4) is 0 Å². The van der Waals surface area contributed by atoms with E-state index in [0.29, 0.717) is 5.92 Å². The van der Waals surface area contributed by atoms with Gasteiger partial charge in [0.2, 0.25) is 0 Å². The molecule has 0 radical (unpaired) electrons. The average Bonchev–Trinajstić information content (AvgIpc) is 2.51. The van der Waals surface area contributed by atoms with E-state index in [1.807, 2.05) is 0 Å². The Morgan fingerprint density at radius 3 is 2.23 bits per heavy atom. The molecule has 2 nitrogen and oxygen atoms in total. The molecule has 2 rings (SSSR count). The van der Waals surface area contributed by atoms with E-state index >= 15 is 0 Å². The van der Waals surface area contributed by atoms with Crippen LogP contribution in [0.3, 0.4) is 0 Å². The highest BCUT2D eigenvalue weighted by atomic mass is 16.3. The summed E-state index contributed by atoms with van der Waals surface area (Å²) < 4.78 is 0. The molecule has 2 saturated carbocycles. The van der Waals surface area contributed by atoms with Crippen LogP contribution in [0.2, 0.25) is 0 Å². The number of fused-ring (bicyclic) bond motifs is 2. The van der Waals surface area contributed by atoms with E-state index in [0.717, 1.165) is 12.8 Å². The molecule has 0 saturated heterocycles. The van der Waals surface area contributed by atoms with E-state index in [1.54, 1.807) is 0 Å². The minimum Gasteiger partial charge on any atom is -0.393 e. The Balaban J connectivity index is 2.45. The molecular formula is C11H20O2. The van der Waals surface area contributed by atoms with Gasteiger partial charge in [-0.15, -0.1) is 0 Å². The number of hydrogen-bond donors (Lipinski definition) is 2. The fourth-order valence-corrected chi connectivity index (χ4v) is 3.74. The predicted molar refractivity (Wildman–Crippen MR) is 51.3 cm³/mol. The van der Waals surface area contributed by atoms with Gasteiger partial charge in [-0.1, -0.05) is 20.8 Å². The summed E-state index contributed by atoms with van der Waals surface area (Å²) in [4.78, 5) is 0. The van der Waals surface area contributed by atoms with Crippen molar-refractivity contribution in [1.29, 1.82) is 0 Å². The molecule has 0 aromatic rings. The summed E-state index contributed by atoms with van der Waals surface area (Å²) in [5.41, 5.74) is -1.02. The van der Waals surface area contributed by atoms with Crippen LogP contribution in [-0.4, -0.2) is 22.4 Å². The van der Waals surface area contributed by atoms with E-state index < -0.39 is 5.60 Å². The fraction of sp³-hybridized carbons (Fsp3) is 1.00. The Morgan fingerprint density at radius 1 is 1.31 bits per heavy atom. The molecule has 2 fully saturated rings. The summed E-state index contributed by atoms with van der Waals surface area (Å²) in [6, 6.07) is 0. The normalized spacial score (nSPS) is 52.8. The van der Waals surface area contributed by atoms with Crippen LogP contribution in [0.15, 0.2) is 0 Å². The second-order valence-corrected chi connectivity index (χ2v) is 5.74.